The number of Topliss-reactive ketones (excluding diaryl/α,β-unsaturated/α-hetero) is 1. The van der Waals surface area contributed by atoms with Gasteiger partial charge in [0.05, 0.1) is 19.3 Å². The summed E-state index contributed by atoms with van der Waals surface area (Å²) in [7, 11) is 3.39. The minimum atomic E-state index is -1.24. The van der Waals surface area contributed by atoms with E-state index in [1.807, 2.05) is 11.9 Å². The zero-order chi connectivity index (χ0) is 21.8. The lowest BCUT2D eigenvalue weighted by atomic mass is 9.71. The molecule has 1 N–H and O–H groups in total. The molecule has 1 fully saturated rings. The van der Waals surface area contributed by atoms with E-state index in [0.29, 0.717) is 23.5 Å². The number of methoxy groups -OCH3 is 1. The Balaban J connectivity index is 1.73. The zero-order valence-electron chi connectivity index (χ0n) is 17.1. The molecule has 1 aromatic heterocycles. The SMILES string of the molecule is COc1ccc2c(c1)C1(C(=O)N2)C(C(=O)c2ccco2)C(c2ccc(F)cc2)CN1C. The van der Waals surface area contributed by atoms with Crippen molar-refractivity contribution in [3.8, 4) is 5.75 Å². The first kappa shape index (κ1) is 19.5. The molecule has 5 rings (SSSR count). The number of carbonyl (C=O) groups excluding carboxylic acids is 2. The second-order valence-corrected chi connectivity index (χ2v) is 7.99. The Kier molecular flexibility index (Phi) is 4.44. The molecule has 0 bridgehead atoms. The van der Waals surface area contributed by atoms with Gasteiger partial charge < -0.3 is 14.5 Å². The molecule has 2 aliphatic heterocycles. The van der Waals surface area contributed by atoms with Gasteiger partial charge in [-0.15, -0.1) is 0 Å². The highest BCUT2D eigenvalue weighted by molar-refractivity contribution is 6.11. The molecule has 0 aliphatic carbocycles. The average molecular weight is 420 g/mol. The maximum atomic E-state index is 13.8. The number of carbonyl (C=O) groups is 2. The summed E-state index contributed by atoms with van der Waals surface area (Å²) in [5.74, 6) is -1.23. The van der Waals surface area contributed by atoms with E-state index < -0.39 is 11.5 Å². The van der Waals surface area contributed by atoms with Gasteiger partial charge in [0.15, 0.2) is 5.76 Å². The van der Waals surface area contributed by atoms with Crippen LogP contribution in [0.15, 0.2) is 65.3 Å². The third kappa shape index (κ3) is 2.73. The van der Waals surface area contributed by atoms with Crippen LogP contribution in [0.4, 0.5) is 10.1 Å². The number of nitrogens with one attached hydrogen (secondary N) is 1. The number of halogens is 1. The maximum Gasteiger partial charge on any atom is 0.250 e. The summed E-state index contributed by atoms with van der Waals surface area (Å²) in [5.41, 5.74) is 0.884. The summed E-state index contributed by atoms with van der Waals surface area (Å²) in [6.07, 6.45) is 1.44. The van der Waals surface area contributed by atoms with E-state index in [-0.39, 0.29) is 29.2 Å². The number of furan rings is 1. The molecule has 158 valence electrons. The number of ketones is 1. The number of likely N-dealkylation sites (N-methyl/N-ethyl adjacent to an activating group) is 1. The molecule has 3 atom stereocenters. The van der Waals surface area contributed by atoms with E-state index in [1.54, 1.807) is 49.6 Å². The number of hydrogen-bond acceptors (Lipinski definition) is 5. The lowest BCUT2D eigenvalue weighted by molar-refractivity contribution is -0.126. The van der Waals surface area contributed by atoms with Gasteiger partial charge in [-0.2, -0.15) is 0 Å². The van der Waals surface area contributed by atoms with Gasteiger partial charge in [0.1, 0.15) is 17.1 Å². The van der Waals surface area contributed by atoms with E-state index in [9.17, 15) is 14.0 Å². The second-order valence-electron chi connectivity index (χ2n) is 7.99. The fourth-order valence-electron chi connectivity index (χ4n) is 5.13. The molecule has 6 nitrogen and oxygen atoms in total. The molecule has 1 amide bonds. The van der Waals surface area contributed by atoms with Crippen LogP contribution in [-0.4, -0.2) is 37.3 Å². The fraction of sp³-hybridized carbons (Fsp3) is 0.250. The minimum Gasteiger partial charge on any atom is -0.497 e. The van der Waals surface area contributed by atoms with Gasteiger partial charge in [0, 0.05) is 23.7 Å². The largest absolute Gasteiger partial charge is 0.497 e. The van der Waals surface area contributed by atoms with Crippen LogP contribution < -0.4 is 10.1 Å². The summed E-state index contributed by atoms with van der Waals surface area (Å²) in [4.78, 5) is 29.2. The van der Waals surface area contributed by atoms with Crippen molar-refractivity contribution in [2.24, 2.45) is 5.92 Å². The summed E-state index contributed by atoms with van der Waals surface area (Å²) >= 11 is 0. The Morgan fingerprint density at radius 3 is 2.68 bits per heavy atom. The number of anilines is 1. The average Bonchev–Trinajstić information content (AvgIpc) is 3.47. The molecule has 1 saturated heterocycles. The smallest absolute Gasteiger partial charge is 0.250 e. The number of benzene rings is 2. The van der Waals surface area contributed by atoms with Crippen molar-refractivity contribution >= 4 is 17.4 Å². The molecule has 3 heterocycles. The van der Waals surface area contributed by atoms with Crippen LogP contribution in [0.25, 0.3) is 0 Å². The molecule has 1 spiro atoms. The quantitative estimate of drug-likeness (QED) is 0.650. The Hall–Kier alpha value is -3.45. The predicted octanol–water partition coefficient (Wildman–Crippen LogP) is 3.80. The number of fused-ring (bicyclic) bond motifs is 2. The monoisotopic (exact) mass is 420 g/mol. The Labute approximate surface area is 178 Å². The van der Waals surface area contributed by atoms with Gasteiger partial charge in [-0.05, 0) is 55.1 Å². The predicted molar refractivity (Wildman–Crippen MR) is 112 cm³/mol. The standard InChI is InChI=1S/C24H21FN2O4/c1-27-13-17(14-5-7-15(25)8-6-14)21(22(28)20-4-3-11-31-20)24(27)18-12-16(30-2)9-10-19(18)26-23(24)29/h3-12,17,21H,13H2,1-2H3,(H,26,29). The highest BCUT2D eigenvalue weighted by Gasteiger charge is 2.64. The van der Waals surface area contributed by atoms with Crippen LogP contribution in [0.2, 0.25) is 0 Å². The zero-order valence-corrected chi connectivity index (χ0v) is 17.1. The van der Waals surface area contributed by atoms with Crippen molar-refractivity contribution in [1.82, 2.24) is 4.90 Å². The molecule has 0 radical (unpaired) electrons. The van der Waals surface area contributed by atoms with Crippen LogP contribution in [0, 0.1) is 11.7 Å². The van der Waals surface area contributed by atoms with E-state index in [4.69, 9.17) is 9.15 Å². The van der Waals surface area contributed by atoms with Crippen molar-refractivity contribution in [3.63, 3.8) is 0 Å². The molecule has 0 saturated carbocycles. The van der Waals surface area contributed by atoms with E-state index >= 15 is 0 Å². The van der Waals surface area contributed by atoms with Crippen LogP contribution in [0.5, 0.6) is 5.75 Å². The van der Waals surface area contributed by atoms with Gasteiger partial charge >= 0.3 is 0 Å². The summed E-state index contributed by atoms with van der Waals surface area (Å²) in [5, 5.41) is 2.94. The topological polar surface area (TPSA) is 71.8 Å². The minimum absolute atomic E-state index is 0.191. The van der Waals surface area contributed by atoms with E-state index in [0.717, 1.165) is 5.56 Å². The lowest BCUT2D eigenvalue weighted by Crippen LogP contribution is -2.51. The van der Waals surface area contributed by atoms with Crippen molar-refractivity contribution < 1.29 is 23.1 Å². The molecule has 2 aliphatic rings. The fourth-order valence-corrected chi connectivity index (χ4v) is 5.13. The molecule has 3 aromatic rings. The Morgan fingerprint density at radius 2 is 2.00 bits per heavy atom. The molecular formula is C24H21FN2O4. The van der Waals surface area contributed by atoms with Crippen LogP contribution in [-0.2, 0) is 10.3 Å². The summed E-state index contributed by atoms with van der Waals surface area (Å²) < 4.78 is 24.4. The Bertz CT molecular complexity index is 1160. The summed E-state index contributed by atoms with van der Waals surface area (Å²) in [6.45, 7) is 0.437. The number of rotatable bonds is 4. The highest BCUT2D eigenvalue weighted by Crippen LogP contribution is 2.56. The molecular weight excluding hydrogens is 399 g/mol. The van der Waals surface area contributed by atoms with Crippen molar-refractivity contribution in [1.29, 1.82) is 0 Å². The lowest BCUT2D eigenvalue weighted by Gasteiger charge is -2.35. The van der Waals surface area contributed by atoms with Gasteiger partial charge in [-0.1, -0.05) is 12.1 Å². The highest BCUT2D eigenvalue weighted by atomic mass is 19.1. The third-order valence-corrected chi connectivity index (χ3v) is 6.50. The van der Waals surface area contributed by atoms with Crippen LogP contribution in [0.1, 0.15) is 27.6 Å². The number of amides is 1. The first-order chi connectivity index (χ1) is 15.0. The van der Waals surface area contributed by atoms with E-state index in [1.165, 1.54) is 18.4 Å². The van der Waals surface area contributed by atoms with Crippen molar-refractivity contribution in [2.75, 3.05) is 26.0 Å². The number of nitrogens with zero attached hydrogens (tertiary/aromatic N) is 1. The number of ether oxygens (including phenoxy) is 1. The molecule has 3 unspecified atom stereocenters. The Morgan fingerprint density at radius 1 is 1.23 bits per heavy atom. The molecule has 7 heteroatoms. The molecule has 31 heavy (non-hydrogen) atoms. The van der Waals surface area contributed by atoms with Gasteiger partial charge in [0.25, 0.3) is 0 Å². The number of likely N-dealkylation sites (tertiary alicyclic amines) is 1. The number of hydrogen-bond donors (Lipinski definition) is 1. The first-order valence-corrected chi connectivity index (χ1v) is 10.0. The van der Waals surface area contributed by atoms with Crippen LogP contribution in [0.3, 0.4) is 0 Å². The van der Waals surface area contributed by atoms with Gasteiger partial charge in [-0.3, -0.25) is 14.5 Å². The first-order valence-electron chi connectivity index (χ1n) is 10.0. The summed E-state index contributed by atoms with van der Waals surface area (Å²) in [6, 6.07) is 14.7. The van der Waals surface area contributed by atoms with E-state index in [2.05, 4.69) is 5.32 Å². The van der Waals surface area contributed by atoms with Crippen LogP contribution >= 0.6 is 0 Å². The van der Waals surface area contributed by atoms with Gasteiger partial charge in [0.2, 0.25) is 11.7 Å². The molecule has 2 aromatic carbocycles. The normalized spacial score (nSPS) is 24.9. The van der Waals surface area contributed by atoms with Crippen molar-refractivity contribution in [3.05, 3.63) is 83.6 Å². The maximum absolute atomic E-state index is 13.8. The third-order valence-electron chi connectivity index (χ3n) is 6.50. The second kappa shape index (κ2) is 7.06. The van der Waals surface area contributed by atoms with Gasteiger partial charge in [-0.25, -0.2) is 4.39 Å². The van der Waals surface area contributed by atoms with Crippen molar-refractivity contribution in [2.45, 2.75) is 11.5 Å².